The summed E-state index contributed by atoms with van der Waals surface area (Å²) in [6, 6.07) is 0. The van der Waals surface area contributed by atoms with Crippen LogP contribution in [0.3, 0.4) is 0 Å². The number of amides is 1. The Morgan fingerprint density at radius 3 is 2.20 bits per heavy atom. The molecule has 0 spiro atoms. The highest BCUT2D eigenvalue weighted by Crippen LogP contribution is 2.29. The van der Waals surface area contributed by atoms with Gasteiger partial charge in [-0.25, -0.2) is 0 Å². The maximum atomic E-state index is 11.6. The van der Waals surface area contributed by atoms with Crippen molar-refractivity contribution in [2.75, 3.05) is 12.3 Å². The molecule has 0 heterocycles. The van der Waals surface area contributed by atoms with E-state index in [0.29, 0.717) is 0 Å². The Morgan fingerprint density at radius 1 is 1.40 bits per heavy atom. The fourth-order valence-electron chi connectivity index (χ4n) is 0.525. The van der Waals surface area contributed by atoms with Crippen LogP contribution in [0.25, 0.3) is 0 Å². The molecule has 3 N–H and O–H groups in total. The van der Waals surface area contributed by atoms with Gasteiger partial charge in [-0.2, -0.15) is 13.2 Å². The van der Waals surface area contributed by atoms with Crippen molar-refractivity contribution >= 4 is 30.1 Å². The van der Waals surface area contributed by atoms with Crippen LogP contribution in [0.2, 0.25) is 0 Å². The lowest BCUT2D eigenvalue weighted by Crippen LogP contribution is -2.45. The lowest BCUT2D eigenvalue weighted by atomic mass is 10.1. The van der Waals surface area contributed by atoms with E-state index in [2.05, 4.69) is 5.32 Å². The number of carbonyl (C=O) groups excluding carboxylic acids is 1. The van der Waals surface area contributed by atoms with Crippen LogP contribution in [0.5, 0.6) is 0 Å². The molecule has 0 fully saturated rings. The van der Waals surface area contributed by atoms with E-state index < -0.39 is 22.7 Å². The average molecular weight is 267 g/mol. The third-order valence-corrected chi connectivity index (χ3v) is 1.84. The summed E-state index contributed by atoms with van der Waals surface area (Å²) < 4.78 is 34.9. The maximum absolute atomic E-state index is 11.6. The second-order valence-electron chi connectivity index (χ2n) is 3.50. The monoisotopic (exact) mass is 266 g/mol. The third-order valence-electron chi connectivity index (χ3n) is 1.11. The maximum Gasteiger partial charge on any atom is 0.442 e. The minimum atomic E-state index is -4.37. The molecule has 0 saturated carbocycles. The first kappa shape index (κ1) is 17.3. The van der Waals surface area contributed by atoms with Crippen LogP contribution in [0.4, 0.5) is 13.2 Å². The summed E-state index contributed by atoms with van der Waals surface area (Å²) in [6.07, 6.45) is 0. The van der Waals surface area contributed by atoms with Crippen molar-refractivity contribution in [1.82, 2.24) is 5.32 Å². The van der Waals surface area contributed by atoms with Crippen molar-refractivity contribution in [3.63, 3.8) is 0 Å². The van der Waals surface area contributed by atoms with Crippen LogP contribution in [0.1, 0.15) is 13.8 Å². The molecule has 0 unspecified atom stereocenters. The van der Waals surface area contributed by atoms with Crippen LogP contribution < -0.4 is 11.1 Å². The topological polar surface area (TPSA) is 55.1 Å². The van der Waals surface area contributed by atoms with Crippen molar-refractivity contribution in [2.24, 2.45) is 5.73 Å². The molecule has 0 aliphatic carbocycles. The highest BCUT2D eigenvalue weighted by Gasteiger charge is 2.29. The normalized spacial score (nSPS) is 11.9. The highest BCUT2D eigenvalue weighted by atomic mass is 35.5. The number of carbonyl (C=O) groups is 1. The predicted molar refractivity (Wildman–Crippen MR) is 57.0 cm³/mol. The van der Waals surface area contributed by atoms with Gasteiger partial charge in [0.15, 0.2) is 0 Å². The molecule has 0 aromatic carbocycles. The predicted octanol–water partition coefficient (Wildman–Crippen LogP) is 1.51. The van der Waals surface area contributed by atoms with E-state index in [1.165, 1.54) is 0 Å². The van der Waals surface area contributed by atoms with Gasteiger partial charge in [0.2, 0.25) is 5.91 Å². The zero-order valence-electron chi connectivity index (χ0n) is 8.35. The standard InChI is InChI=1S/C7H13F3N2OS.ClH/c1-6(2,11)4-12-5(13)3-14-7(8,9)10;/h3-4,11H2,1-2H3,(H,12,13);1H. The van der Waals surface area contributed by atoms with Gasteiger partial charge in [0, 0.05) is 12.1 Å². The Hall–Kier alpha value is -0.140. The van der Waals surface area contributed by atoms with Gasteiger partial charge < -0.3 is 11.1 Å². The van der Waals surface area contributed by atoms with Crippen LogP contribution in [0, 0.1) is 0 Å². The van der Waals surface area contributed by atoms with E-state index >= 15 is 0 Å². The SMILES string of the molecule is CC(C)(N)CNC(=O)CSC(F)(F)F.Cl. The quantitative estimate of drug-likeness (QED) is 0.811. The first-order chi connectivity index (χ1) is 6.10. The fraction of sp³-hybridized carbons (Fsp3) is 0.857. The summed E-state index contributed by atoms with van der Waals surface area (Å²) >= 11 is -0.361. The van der Waals surface area contributed by atoms with Gasteiger partial charge in [0.05, 0.1) is 5.75 Å². The molecule has 0 aromatic rings. The van der Waals surface area contributed by atoms with E-state index in [1.54, 1.807) is 13.8 Å². The van der Waals surface area contributed by atoms with Crippen molar-refractivity contribution in [1.29, 1.82) is 0 Å². The van der Waals surface area contributed by atoms with Crippen LogP contribution >= 0.6 is 24.2 Å². The zero-order valence-corrected chi connectivity index (χ0v) is 9.98. The van der Waals surface area contributed by atoms with E-state index in [1.807, 2.05) is 0 Å². The number of nitrogens with one attached hydrogen (secondary N) is 1. The van der Waals surface area contributed by atoms with E-state index in [0.717, 1.165) is 0 Å². The van der Waals surface area contributed by atoms with Gasteiger partial charge in [-0.3, -0.25) is 4.79 Å². The first-order valence-corrected chi connectivity index (χ1v) is 4.85. The van der Waals surface area contributed by atoms with Gasteiger partial charge in [0.1, 0.15) is 0 Å². The Bertz CT molecular complexity index is 185. The van der Waals surface area contributed by atoms with Gasteiger partial charge in [-0.15, -0.1) is 12.4 Å². The molecule has 0 aliphatic heterocycles. The van der Waals surface area contributed by atoms with Gasteiger partial charge in [-0.05, 0) is 25.6 Å². The number of nitrogens with two attached hydrogens (primary N) is 1. The van der Waals surface area contributed by atoms with E-state index in [-0.39, 0.29) is 30.7 Å². The molecule has 15 heavy (non-hydrogen) atoms. The third kappa shape index (κ3) is 13.9. The van der Waals surface area contributed by atoms with Crippen molar-refractivity contribution in [3.05, 3.63) is 0 Å². The molecular formula is C7H14ClF3N2OS. The van der Waals surface area contributed by atoms with Gasteiger partial charge in [-0.1, -0.05) is 0 Å². The summed E-state index contributed by atoms with van der Waals surface area (Å²) in [7, 11) is 0. The Morgan fingerprint density at radius 2 is 1.87 bits per heavy atom. The lowest BCUT2D eigenvalue weighted by molar-refractivity contribution is -0.119. The molecule has 1 amide bonds. The number of thioether (sulfide) groups is 1. The summed E-state index contributed by atoms with van der Waals surface area (Å²) in [6.45, 7) is 3.50. The molecule has 0 atom stereocenters. The number of hydrogen-bond donors (Lipinski definition) is 2. The van der Waals surface area contributed by atoms with Crippen molar-refractivity contribution in [3.8, 4) is 0 Å². The fourth-order valence-corrected chi connectivity index (χ4v) is 0.922. The second kappa shape index (κ2) is 6.44. The van der Waals surface area contributed by atoms with E-state index in [4.69, 9.17) is 5.73 Å². The van der Waals surface area contributed by atoms with Gasteiger partial charge >= 0.3 is 5.51 Å². The summed E-state index contributed by atoms with van der Waals surface area (Å²) in [4.78, 5) is 10.8. The Kier molecular flexibility index (Phi) is 7.42. The number of halogens is 4. The highest BCUT2D eigenvalue weighted by molar-refractivity contribution is 8.00. The minimum Gasteiger partial charge on any atom is -0.354 e. The van der Waals surface area contributed by atoms with Crippen LogP contribution in [-0.4, -0.2) is 29.3 Å². The first-order valence-electron chi connectivity index (χ1n) is 3.86. The molecule has 0 radical (unpaired) electrons. The van der Waals surface area contributed by atoms with Crippen molar-refractivity contribution < 1.29 is 18.0 Å². The molecule has 0 bridgehead atoms. The summed E-state index contributed by atoms with van der Waals surface area (Å²) in [5, 5.41) is 2.31. The largest absolute Gasteiger partial charge is 0.442 e. The second-order valence-corrected chi connectivity index (χ2v) is 4.54. The molecule has 8 heteroatoms. The van der Waals surface area contributed by atoms with Crippen LogP contribution in [0.15, 0.2) is 0 Å². The number of hydrogen-bond acceptors (Lipinski definition) is 3. The van der Waals surface area contributed by atoms with Gasteiger partial charge in [0.25, 0.3) is 0 Å². The van der Waals surface area contributed by atoms with Crippen LogP contribution in [-0.2, 0) is 4.79 Å². The summed E-state index contributed by atoms with van der Waals surface area (Å²) in [5.74, 6) is -1.29. The number of rotatable bonds is 4. The molecule has 92 valence electrons. The average Bonchev–Trinajstić information content (AvgIpc) is 1.94. The minimum absolute atomic E-state index is 0. The molecular weight excluding hydrogens is 253 g/mol. The molecule has 0 saturated heterocycles. The molecule has 0 aliphatic rings. The lowest BCUT2D eigenvalue weighted by Gasteiger charge is -2.18. The van der Waals surface area contributed by atoms with Crippen molar-refractivity contribution in [2.45, 2.75) is 24.9 Å². The molecule has 3 nitrogen and oxygen atoms in total. The molecule has 0 rings (SSSR count). The van der Waals surface area contributed by atoms with E-state index in [9.17, 15) is 18.0 Å². The Labute approximate surface area is 96.8 Å². The summed E-state index contributed by atoms with van der Waals surface area (Å²) in [5.41, 5.74) is 0.544. The number of alkyl halides is 3. The Balaban J connectivity index is 0. The smallest absolute Gasteiger partial charge is 0.354 e. The molecule has 0 aromatic heterocycles. The zero-order chi connectivity index (χ0) is 11.4.